The van der Waals surface area contributed by atoms with Crippen LogP contribution in [0.5, 0.6) is 0 Å². The van der Waals surface area contributed by atoms with Gasteiger partial charge in [-0.2, -0.15) is 0 Å². The number of hydrogen-bond acceptors (Lipinski definition) is 3. The lowest BCUT2D eigenvalue weighted by atomic mass is 10.0. The van der Waals surface area contributed by atoms with Crippen LogP contribution in [0.2, 0.25) is 0 Å². The Kier molecular flexibility index (Phi) is 4.36. The minimum absolute atomic E-state index is 0.337. The van der Waals surface area contributed by atoms with Crippen molar-refractivity contribution in [3.63, 3.8) is 0 Å². The van der Waals surface area contributed by atoms with Crippen molar-refractivity contribution in [2.45, 2.75) is 52.2 Å². The molecule has 0 atom stereocenters. The van der Waals surface area contributed by atoms with Gasteiger partial charge in [0.1, 0.15) is 0 Å². The molecule has 0 saturated carbocycles. The molecule has 0 amide bonds. The van der Waals surface area contributed by atoms with Crippen molar-refractivity contribution in [3.05, 3.63) is 29.6 Å². The Bertz CT molecular complexity index is 370. The molecule has 1 saturated heterocycles. The maximum atomic E-state index is 4.58. The lowest BCUT2D eigenvalue weighted by Crippen LogP contribution is -2.37. The molecule has 1 aliphatic rings. The lowest BCUT2D eigenvalue weighted by molar-refractivity contribution is 0.164. The van der Waals surface area contributed by atoms with Gasteiger partial charge in [-0.3, -0.25) is 9.88 Å². The van der Waals surface area contributed by atoms with Gasteiger partial charge in [-0.1, -0.05) is 13.0 Å². The average Bonchev–Trinajstić information content (AvgIpc) is 2.68. The van der Waals surface area contributed by atoms with Crippen molar-refractivity contribution in [1.82, 2.24) is 15.2 Å². The van der Waals surface area contributed by atoms with Gasteiger partial charge in [-0.05, 0) is 51.4 Å². The van der Waals surface area contributed by atoms with Crippen LogP contribution in [0.25, 0.3) is 0 Å². The molecule has 2 rings (SSSR count). The molecule has 3 nitrogen and oxygen atoms in total. The normalized spacial score (nSPS) is 19.3. The van der Waals surface area contributed by atoms with E-state index in [4.69, 9.17) is 0 Å². The van der Waals surface area contributed by atoms with Gasteiger partial charge in [0.05, 0.1) is 5.69 Å². The first-order valence-electron chi connectivity index (χ1n) is 7.01. The second-order valence-electron chi connectivity index (χ2n) is 5.78. The van der Waals surface area contributed by atoms with Gasteiger partial charge in [-0.25, -0.2) is 0 Å². The molecule has 1 N–H and O–H groups in total. The molecule has 18 heavy (non-hydrogen) atoms. The zero-order valence-corrected chi connectivity index (χ0v) is 11.9. The molecule has 1 aromatic rings. The molecule has 3 heteroatoms. The number of rotatable bonds is 5. The van der Waals surface area contributed by atoms with E-state index in [1.807, 2.05) is 6.20 Å². The molecule has 0 aliphatic carbocycles. The van der Waals surface area contributed by atoms with Crippen molar-refractivity contribution < 1.29 is 0 Å². The second kappa shape index (κ2) is 5.81. The molecule has 0 unspecified atom stereocenters. The summed E-state index contributed by atoms with van der Waals surface area (Å²) < 4.78 is 0. The number of aromatic nitrogens is 1. The van der Waals surface area contributed by atoms with E-state index in [1.165, 1.54) is 30.6 Å². The summed E-state index contributed by atoms with van der Waals surface area (Å²) in [5.41, 5.74) is 2.79. The van der Waals surface area contributed by atoms with Gasteiger partial charge >= 0.3 is 0 Å². The number of likely N-dealkylation sites (tertiary alicyclic amines) is 1. The minimum atomic E-state index is 0.337. The van der Waals surface area contributed by atoms with Crippen LogP contribution in [-0.4, -0.2) is 28.5 Å². The van der Waals surface area contributed by atoms with Crippen molar-refractivity contribution >= 4 is 0 Å². The first kappa shape index (κ1) is 13.5. The zero-order chi connectivity index (χ0) is 13.0. The Morgan fingerprint density at radius 1 is 1.39 bits per heavy atom. The maximum absolute atomic E-state index is 4.58. The number of nitrogens with one attached hydrogen (secondary N) is 1. The van der Waals surface area contributed by atoms with Gasteiger partial charge in [0.2, 0.25) is 0 Å². The molecule has 0 bridgehead atoms. The fourth-order valence-electron chi connectivity index (χ4n) is 2.57. The van der Waals surface area contributed by atoms with Crippen LogP contribution in [0, 0.1) is 0 Å². The predicted octanol–water partition coefficient (Wildman–Crippen LogP) is 2.57. The van der Waals surface area contributed by atoms with E-state index < -0.39 is 0 Å². The standard InChI is InChI=1S/C15H25N3/c1-4-16-10-13-6-7-14(17-11-13)12-18-9-5-8-15(18,2)3/h6-7,11,16H,4-5,8-10,12H2,1-3H3. The maximum Gasteiger partial charge on any atom is 0.0544 e. The molecule has 0 aromatic carbocycles. The fraction of sp³-hybridized carbons (Fsp3) is 0.667. The Hall–Kier alpha value is -0.930. The van der Waals surface area contributed by atoms with Gasteiger partial charge in [0.25, 0.3) is 0 Å². The molecule has 0 spiro atoms. The van der Waals surface area contributed by atoms with Crippen molar-refractivity contribution in [2.24, 2.45) is 0 Å². The molecule has 100 valence electrons. The van der Waals surface area contributed by atoms with Gasteiger partial charge in [0.15, 0.2) is 0 Å². The highest BCUT2D eigenvalue weighted by Gasteiger charge is 2.31. The number of nitrogens with zero attached hydrogens (tertiary/aromatic N) is 2. The van der Waals surface area contributed by atoms with E-state index in [0.29, 0.717) is 5.54 Å². The fourth-order valence-corrected chi connectivity index (χ4v) is 2.57. The summed E-state index contributed by atoms with van der Waals surface area (Å²) in [5.74, 6) is 0. The average molecular weight is 247 g/mol. The smallest absolute Gasteiger partial charge is 0.0544 e. The summed E-state index contributed by atoms with van der Waals surface area (Å²) in [4.78, 5) is 7.12. The quantitative estimate of drug-likeness (QED) is 0.867. The van der Waals surface area contributed by atoms with Crippen LogP contribution in [0.1, 0.15) is 44.9 Å². The monoisotopic (exact) mass is 247 g/mol. The summed E-state index contributed by atoms with van der Waals surface area (Å²) in [6.45, 7) is 10.9. The Morgan fingerprint density at radius 2 is 2.22 bits per heavy atom. The first-order chi connectivity index (χ1) is 8.62. The topological polar surface area (TPSA) is 28.2 Å². The summed E-state index contributed by atoms with van der Waals surface area (Å²) in [5, 5.41) is 3.32. The highest BCUT2D eigenvalue weighted by atomic mass is 15.2. The van der Waals surface area contributed by atoms with Gasteiger partial charge in [-0.15, -0.1) is 0 Å². The zero-order valence-electron chi connectivity index (χ0n) is 11.9. The number of pyridine rings is 1. The Morgan fingerprint density at radius 3 is 2.78 bits per heavy atom. The summed E-state index contributed by atoms with van der Waals surface area (Å²) >= 11 is 0. The molecule has 1 aromatic heterocycles. The van der Waals surface area contributed by atoms with Crippen LogP contribution < -0.4 is 5.32 Å². The largest absolute Gasteiger partial charge is 0.313 e. The SMILES string of the molecule is CCNCc1ccc(CN2CCCC2(C)C)nc1. The second-order valence-corrected chi connectivity index (χ2v) is 5.78. The molecular formula is C15H25N3. The molecule has 1 fully saturated rings. The summed E-state index contributed by atoms with van der Waals surface area (Å²) in [7, 11) is 0. The molecule has 2 heterocycles. The van der Waals surface area contributed by atoms with Gasteiger partial charge < -0.3 is 5.32 Å². The van der Waals surface area contributed by atoms with Crippen LogP contribution in [0.3, 0.4) is 0 Å². The number of hydrogen-bond donors (Lipinski definition) is 1. The third kappa shape index (κ3) is 3.30. The van der Waals surface area contributed by atoms with Gasteiger partial charge in [0, 0.05) is 24.8 Å². The molecule has 1 aliphatic heterocycles. The van der Waals surface area contributed by atoms with E-state index >= 15 is 0 Å². The molecule has 0 radical (unpaired) electrons. The van der Waals surface area contributed by atoms with E-state index in [-0.39, 0.29) is 0 Å². The van der Waals surface area contributed by atoms with Crippen molar-refractivity contribution in [1.29, 1.82) is 0 Å². The summed E-state index contributed by atoms with van der Waals surface area (Å²) in [6, 6.07) is 4.36. The van der Waals surface area contributed by atoms with Crippen molar-refractivity contribution in [3.8, 4) is 0 Å². The predicted molar refractivity (Wildman–Crippen MR) is 75.3 cm³/mol. The van der Waals surface area contributed by atoms with E-state index in [0.717, 1.165) is 19.6 Å². The lowest BCUT2D eigenvalue weighted by Gasteiger charge is -2.31. The van der Waals surface area contributed by atoms with E-state index in [9.17, 15) is 0 Å². The Balaban J connectivity index is 1.94. The third-order valence-electron chi connectivity index (χ3n) is 3.89. The van der Waals surface area contributed by atoms with Crippen LogP contribution in [-0.2, 0) is 13.1 Å². The summed E-state index contributed by atoms with van der Waals surface area (Å²) in [6.07, 6.45) is 4.61. The third-order valence-corrected chi connectivity index (χ3v) is 3.89. The van der Waals surface area contributed by atoms with Crippen molar-refractivity contribution in [2.75, 3.05) is 13.1 Å². The molecular weight excluding hydrogens is 222 g/mol. The van der Waals surface area contributed by atoms with Crippen LogP contribution in [0.15, 0.2) is 18.3 Å². The van der Waals surface area contributed by atoms with E-state index in [2.05, 4.69) is 48.1 Å². The van der Waals surface area contributed by atoms with Crippen LogP contribution in [0.4, 0.5) is 0 Å². The highest BCUT2D eigenvalue weighted by molar-refractivity contribution is 5.14. The Labute approximate surface area is 111 Å². The minimum Gasteiger partial charge on any atom is -0.313 e. The van der Waals surface area contributed by atoms with Crippen LogP contribution >= 0.6 is 0 Å². The van der Waals surface area contributed by atoms with E-state index in [1.54, 1.807) is 0 Å². The highest BCUT2D eigenvalue weighted by Crippen LogP contribution is 2.29. The first-order valence-corrected chi connectivity index (χ1v) is 7.01.